The fourth-order valence-electron chi connectivity index (χ4n) is 1.68. The Bertz CT molecular complexity index is 560. The van der Waals surface area contributed by atoms with Crippen LogP contribution in [0.2, 0.25) is 0 Å². The minimum absolute atomic E-state index is 0.130. The fraction of sp³-hybridized carbons (Fsp3) is 0.154. The molecule has 0 spiro atoms. The Kier molecular flexibility index (Phi) is 3.43. The molecule has 1 atom stereocenters. The Morgan fingerprint density at radius 3 is 2.78 bits per heavy atom. The van der Waals surface area contributed by atoms with Crippen molar-refractivity contribution < 1.29 is 14.2 Å². The highest BCUT2D eigenvalue weighted by atomic mass is 19.1. The van der Waals surface area contributed by atoms with Crippen LogP contribution >= 0.6 is 0 Å². The van der Waals surface area contributed by atoms with Gasteiger partial charge in [-0.05, 0) is 23.8 Å². The first-order chi connectivity index (χ1) is 8.63. The lowest BCUT2D eigenvalue weighted by Crippen LogP contribution is -2.05. The van der Waals surface area contributed by atoms with Crippen LogP contribution in [0.4, 0.5) is 10.1 Å². The van der Waals surface area contributed by atoms with Gasteiger partial charge < -0.3 is 15.6 Å². The second kappa shape index (κ2) is 5.01. The number of nitrogen functional groups attached to an aromatic ring is 1. The second-order valence-corrected chi connectivity index (χ2v) is 3.80. The number of halogens is 1. The van der Waals surface area contributed by atoms with Crippen molar-refractivity contribution in [2.24, 2.45) is 0 Å². The maximum Gasteiger partial charge on any atom is 0.165 e. The molecule has 2 aromatic rings. The molecule has 0 saturated heterocycles. The van der Waals surface area contributed by atoms with Gasteiger partial charge in [0.25, 0.3) is 0 Å². The van der Waals surface area contributed by atoms with Gasteiger partial charge in [-0.3, -0.25) is 4.98 Å². The topological polar surface area (TPSA) is 68.4 Å². The molecule has 0 aliphatic rings. The van der Waals surface area contributed by atoms with Crippen LogP contribution in [0.5, 0.6) is 5.75 Å². The van der Waals surface area contributed by atoms with E-state index in [1.807, 2.05) is 0 Å². The summed E-state index contributed by atoms with van der Waals surface area (Å²) < 4.78 is 18.4. The summed E-state index contributed by atoms with van der Waals surface area (Å²) in [7, 11) is 1.38. The number of pyridine rings is 1. The van der Waals surface area contributed by atoms with E-state index in [9.17, 15) is 9.50 Å². The molecular weight excluding hydrogens is 235 g/mol. The Hall–Kier alpha value is -2.14. The summed E-state index contributed by atoms with van der Waals surface area (Å²) in [6.45, 7) is 0. The van der Waals surface area contributed by atoms with Gasteiger partial charge in [-0.1, -0.05) is 6.07 Å². The predicted octanol–water partition coefficient (Wildman–Crippen LogP) is 1.89. The first kappa shape index (κ1) is 12.3. The third kappa shape index (κ3) is 2.26. The third-order valence-corrected chi connectivity index (χ3v) is 2.67. The Balaban J connectivity index is 2.37. The van der Waals surface area contributed by atoms with Gasteiger partial charge in [-0.2, -0.15) is 0 Å². The quantitative estimate of drug-likeness (QED) is 0.870. The molecule has 0 fully saturated rings. The van der Waals surface area contributed by atoms with Crippen molar-refractivity contribution in [3.8, 4) is 5.75 Å². The zero-order chi connectivity index (χ0) is 13.1. The summed E-state index contributed by atoms with van der Waals surface area (Å²) in [5.74, 6) is -0.401. The van der Waals surface area contributed by atoms with Crippen LogP contribution in [0, 0.1) is 5.82 Å². The number of hydrogen-bond acceptors (Lipinski definition) is 4. The molecule has 1 unspecified atom stereocenters. The van der Waals surface area contributed by atoms with E-state index in [-0.39, 0.29) is 5.75 Å². The average Bonchev–Trinajstić information content (AvgIpc) is 2.38. The predicted molar refractivity (Wildman–Crippen MR) is 65.7 cm³/mol. The number of aliphatic hydroxyl groups is 1. The molecule has 5 heteroatoms. The SMILES string of the molecule is COc1ccc(C(O)c2cnccc2N)cc1F. The van der Waals surface area contributed by atoms with Crippen LogP contribution < -0.4 is 10.5 Å². The summed E-state index contributed by atoms with van der Waals surface area (Å²) in [6.07, 6.45) is 1.97. The van der Waals surface area contributed by atoms with Gasteiger partial charge in [-0.25, -0.2) is 4.39 Å². The largest absolute Gasteiger partial charge is 0.494 e. The highest BCUT2D eigenvalue weighted by molar-refractivity contribution is 5.49. The number of nitrogens with two attached hydrogens (primary N) is 1. The number of hydrogen-bond donors (Lipinski definition) is 2. The summed E-state index contributed by atoms with van der Waals surface area (Å²) in [5, 5.41) is 10.1. The molecular formula is C13H13FN2O2. The molecule has 1 heterocycles. The first-order valence-corrected chi connectivity index (χ1v) is 5.34. The molecule has 2 rings (SSSR count). The van der Waals surface area contributed by atoms with Crippen LogP contribution in [0.1, 0.15) is 17.2 Å². The van der Waals surface area contributed by atoms with Crippen molar-refractivity contribution in [2.45, 2.75) is 6.10 Å². The van der Waals surface area contributed by atoms with Crippen LogP contribution in [0.15, 0.2) is 36.7 Å². The lowest BCUT2D eigenvalue weighted by atomic mass is 10.0. The van der Waals surface area contributed by atoms with Crippen LogP contribution in [-0.4, -0.2) is 17.2 Å². The van der Waals surface area contributed by atoms with E-state index in [1.165, 1.54) is 31.6 Å². The van der Waals surface area contributed by atoms with Crippen LogP contribution in [-0.2, 0) is 0 Å². The molecule has 3 N–H and O–H groups in total. The summed E-state index contributed by atoms with van der Waals surface area (Å²) >= 11 is 0. The second-order valence-electron chi connectivity index (χ2n) is 3.80. The molecule has 0 radical (unpaired) electrons. The molecule has 1 aromatic carbocycles. The van der Waals surface area contributed by atoms with Crippen molar-refractivity contribution >= 4 is 5.69 Å². The molecule has 4 nitrogen and oxygen atoms in total. The number of nitrogens with zero attached hydrogens (tertiary/aromatic N) is 1. The molecule has 18 heavy (non-hydrogen) atoms. The number of anilines is 1. The van der Waals surface area contributed by atoms with E-state index in [0.717, 1.165) is 0 Å². The van der Waals surface area contributed by atoms with Crippen molar-refractivity contribution in [1.82, 2.24) is 4.98 Å². The van der Waals surface area contributed by atoms with Crippen molar-refractivity contribution in [1.29, 1.82) is 0 Å². The Morgan fingerprint density at radius 2 is 2.17 bits per heavy atom. The van der Waals surface area contributed by atoms with Crippen LogP contribution in [0.25, 0.3) is 0 Å². The van der Waals surface area contributed by atoms with Gasteiger partial charge in [-0.15, -0.1) is 0 Å². The molecule has 1 aromatic heterocycles. The van der Waals surface area contributed by atoms with E-state index in [1.54, 1.807) is 12.1 Å². The van der Waals surface area contributed by atoms with Gasteiger partial charge in [0.2, 0.25) is 0 Å². The van der Waals surface area contributed by atoms with Crippen LogP contribution in [0.3, 0.4) is 0 Å². The van der Waals surface area contributed by atoms with Gasteiger partial charge in [0.1, 0.15) is 6.10 Å². The first-order valence-electron chi connectivity index (χ1n) is 5.34. The minimum atomic E-state index is -1.01. The highest BCUT2D eigenvalue weighted by Gasteiger charge is 2.15. The van der Waals surface area contributed by atoms with Crippen molar-refractivity contribution in [2.75, 3.05) is 12.8 Å². The van der Waals surface area contributed by atoms with E-state index in [2.05, 4.69) is 4.98 Å². The highest BCUT2D eigenvalue weighted by Crippen LogP contribution is 2.28. The molecule has 0 bridgehead atoms. The van der Waals surface area contributed by atoms with E-state index in [0.29, 0.717) is 16.8 Å². The maximum atomic E-state index is 13.5. The normalized spacial score (nSPS) is 12.2. The lowest BCUT2D eigenvalue weighted by Gasteiger charge is -2.14. The molecule has 94 valence electrons. The van der Waals surface area contributed by atoms with Gasteiger partial charge in [0, 0.05) is 23.6 Å². The molecule has 0 aliphatic heterocycles. The smallest absolute Gasteiger partial charge is 0.165 e. The average molecular weight is 248 g/mol. The number of benzene rings is 1. The van der Waals surface area contributed by atoms with Gasteiger partial charge >= 0.3 is 0 Å². The maximum absolute atomic E-state index is 13.5. The van der Waals surface area contributed by atoms with E-state index in [4.69, 9.17) is 10.5 Å². The number of ether oxygens (including phenoxy) is 1. The van der Waals surface area contributed by atoms with Gasteiger partial charge in [0.15, 0.2) is 11.6 Å². The molecule has 0 aliphatic carbocycles. The standard InChI is InChI=1S/C13H13FN2O2/c1-18-12-3-2-8(6-10(12)14)13(17)9-7-16-5-4-11(9)15/h2-7,13,17H,1H3,(H2,15,16). The lowest BCUT2D eigenvalue weighted by molar-refractivity contribution is 0.220. The number of aromatic nitrogens is 1. The zero-order valence-electron chi connectivity index (χ0n) is 9.80. The monoisotopic (exact) mass is 248 g/mol. The zero-order valence-corrected chi connectivity index (χ0v) is 9.80. The Labute approximate surface area is 104 Å². The van der Waals surface area contributed by atoms with Gasteiger partial charge in [0.05, 0.1) is 7.11 Å². The van der Waals surface area contributed by atoms with E-state index < -0.39 is 11.9 Å². The number of aliphatic hydroxyl groups excluding tert-OH is 1. The molecule has 0 saturated carbocycles. The number of rotatable bonds is 3. The third-order valence-electron chi connectivity index (χ3n) is 2.67. The summed E-state index contributed by atoms with van der Waals surface area (Å²) in [5.41, 5.74) is 6.99. The summed E-state index contributed by atoms with van der Waals surface area (Å²) in [4.78, 5) is 3.89. The minimum Gasteiger partial charge on any atom is -0.494 e. The van der Waals surface area contributed by atoms with E-state index >= 15 is 0 Å². The van der Waals surface area contributed by atoms with Crippen molar-refractivity contribution in [3.63, 3.8) is 0 Å². The Morgan fingerprint density at radius 1 is 1.39 bits per heavy atom. The molecule has 0 amide bonds. The number of methoxy groups -OCH3 is 1. The fourth-order valence-corrected chi connectivity index (χ4v) is 1.68. The summed E-state index contributed by atoms with van der Waals surface area (Å²) in [6, 6.07) is 5.84. The van der Waals surface area contributed by atoms with Crippen molar-refractivity contribution in [3.05, 3.63) is 53.6 Å².